The normalized spacial score (nSPS) is 21.7. The van der Waals surface area contributed by atoms with E-state index >= 15 is 0 Å². The van der Waals surface area contributed by atoms with Crippen LogP contribution in [-0.2, 0) is 4.74 Å². The van der Waals surface area contributed by atoms with Crippen molar-refractivity contribution in [2.24, 2.45) is 0 Å². The molecule has 82 valence electrons. The Morgan fingerprint density at radius 1 is 1.43 bits per heavy atom. The van der Waals surface area contributed by atoms with Gasteiger partial charge in [0, 0.05) is 5.25 Å². The van der Waals surface area contributed by atoms with Crippen molar-refractivity contribution in [1.29, 1.82) is 0 Å². The van der Waals surface area contributed by atoms with Crippen LogP contribution in [0.4, 0.5) is 0 Å². The first kappa shape index (κ1) is 12.0. The third-order valence-corrected chi connectivity index (χ3v) is 3.85. The van der Waals surface area contributed by atoms with Gasteiger partial charge in [0.1, 0.15) is 0 Å². The van der Waals surface area contributed by atoms with Gasteiger partial charge in [0.15, 0.2) is 0 Å². The summed E-state index contributed by atoms with van der Waals surface area (Å²) < 4.78 is 5.41. The van der Waals surface area contributed by atoms with Crippen LogP contribution in [0.3, 0.4) is 0 Å². The van der Waals surface area contributed by atoms with E-state index < -0.39 is 0 Å². The summed E-state index contributed by atoms with van der Waals surface area (Å²) in [4.78, 5) is 0. The second-order valence-corrected chi connectivity index (χ2v) is 5.61. The second kappa shape index (κ2) is 7.22. The quantitative estimate of drug-likeness (QED) is 0.505. The Balaban J connectivity index is 1.95. The first-order valence-corrected chi connectivity index (χ1v) is 6.70. The van der Waals surface area contributed by atoms with Gasteiger partial charge in [-0.2, -0.15) is 11.8 Å². The Hall–Kier alpha value is -0.110. The molecule has 1 heterocycles. The lowest BCUT2D eigenvalue weighted by molar-refractivity contribution is 0.238. The maximum Gasteiger partial charge on any atom is 0.0873 e. The van der Waals surface area contributed by atoms with Crippen molar-refractivity contribution in [3.63, 3.8) is 0 Å². The molecule has 14 heavy (non-hydrogen) atoms. The van der Waals surface area contributed by atoms with Crippen molar-refractivity contribution in [3.05, 3.63) is 11.8 Å². The van der Waals surface area contributed by atoms with Crippen LogP contribution in [0, 0.1) is 0 Å². The molecular weight excluding hydrogens is 192 g/mol. The third-order valence-electron chi connectivity index (χ3n) is 2.38. The summed E-state index contributed by atoms with van der Waals surface area (Å²) in [7, 11) is 0. The van der Waals surface area contributed by atoms with Crippen LogP contribution in [0.2, 0.25) is 0 Å². The van der Waals surface area contributed by atoms with E-state index in [0.717, 1.165) is 11.9 Å². The molecule has 1 rings (SSSR count). The number of hydrogen-bond donors (Lipinski definition) is 0. The number of thioether (sulfide) groups is 1. The Bertz CT molecular complexity index is 167. The molecule has 1 atom stereocenters. The lowest BCUT2D eigenvalue weighted by Gasteiger charge is -2.20. The van der Waals surface area contributed by atoms with Crippen LogP contribution in [-0.4, -0.2) is 17.6 Å². The summed E-state index contributed by atoms with van der Waals surface area (Å²) in [6, 6.07) is 0. The number of rotatable bonds is 5. The summed E-state index contributed by atoms with van der Waals surface area (Å²) >= 11 is 2.16. The monoisotopic (exact) mass is 214 g/mol. The fourth-order valence-electron chi connectivity index (χ4n) is 1.66. The molecule has 0 bridgehead atoms. The first-order chi connectivity index (χ1) is 6.79. The Kier molecular flexibility index (Phi) is 6.17. The molecule has 0 aromatic carbocycles. The highest BCUT2D eigenvalue weighted by molar-refractivity contribution is 7.99. The SMILES string of the molecule is CC(C)=COCCCC1CCCCS1. The van der Waals surface area contributed by atoms with Gasteiger partial charge in [-0.15, -0.1) is 0 Å². The summed E-state index contributed by atoms with van der Waals surface area (Å²) in [5.41, 5.74) is 1.25. The third kappa shape index (κ3) is 5.58. The van der Waals surface area contributed by atoms with Gasteiger partial charge in [0.05, 0.1) is 12.9 Å². The molecule has 1 aliphatic rings. The minimum absolute atomic E-state index is 0.891. The highest BCUT2D eigenvalue weighted by Gasteiger charge is 2.12. The molecule has 0 spiro atoms. The molecule has 0 radical (unpaired) electrons. The molecule has 1 saturated heterocycles. The average Bonchev–Trinajstić information content (AvgIpc) is 2.18. The maximum atomic E-state index is 5.41. The Labute approximate surface area is 92.3 Å². The van der Waals surface area contributed by atoms with E-state index in [2.05, 4.69) is 25.6 Å². The van der Waals surface area contributed by atoms with Gasteiger partial charge in [-0.25, -0.2) is 0 Å². The zero-order chi connectivity index (χ0) is 10.2. The van der Waals surface area contributed by atoms with Crippen molar-refractivity contribution < 1.29 is 4.74 Å². The van der Waals surface area contributed by atoms with Crippen LogP contribution in [0.1, 0.15) is 46.0 Å². The van der Waals surface area contributed by atoms with Gasteiger partial charge < -0.3 is 4.74 Å². The molecule has 1 aliphatic heterocycles. The molecule has 1 nitrogen and oxygen atoms in total. The number of hydrogen-bond acceptors (Lipinski definition) is 2. The van der Waals surface area contributed by atoms with Gasteiger partial charge in [-0.3, -0.25) is 0 Å². The average molecular weight is 214 g/mol. The molecule has 2 heteroatoms. The smallest absolute Gasteiger partial charge is 0.0873 e. The van der Waals surface area contributed by atoms with Crippen molar-refractivity contribution in [3.8, 4) is 0 Å². The van der Waals surface area contributed by atoms with Crippen molar-refractivity contribution >= 4 is 11.8 Å². The molecule has 0 aliphatic carbocycles. The predicted octanol–water partition coefficient (Wildman–Crippen LogP) is 3.99. The molecule has 0 saturated carbocycles. The van der Waals surface area contributed by atoms with Crippen molar-refractivity contribution in [1.82, 2.24) is 0 Å². The van der Waals surface area contributed by atoms with E-state index in [-0.39, 0.29) is 0 Å². The van der Waals surface area contributed by atoms with Crippen LogP contribution in [0.15, 0.2) is 11.8 Å². The molecule has 0 aromatic rings. The van der Waals surface area contributed by atoms with Crippen LogP contribution >= 0.6 is 11.8 Å². The van der Waals surface area contributed by atoms with E-state index in [0.29, 0.717) is 0 Å². The van der Waals surface area contributed by atoms with Gasteiger partial charge in [0.25, 0.3) is 0 Å². The topological polar surface area (TPSA) is 9.23 Å². The standard InChI is InChI=1S/C12H22OS/c1-11(2)10-13-8-5-7-12-6-3-4-9-14-12/h10,12H,3-9H2,1-2H3. The van der Waals surface area contributed by atoms with Gasteiger partial charge >= 0.3 is 0 Å². The van der Waals surface area contributed by atoms with Crippen LogP contribution in [0.25, 0.3) is 0 Å². The minimum Gasteiger partial charge on any atom is -0.501 e. The van der Waals surface area contributed by atoms with Crippen LogP contribution < -0.4 is 0 Å². The number of ether oxygens (including phenoxy) is 1. The van der Waals surface area contributed by atoms with Gasteiger partial charge in [-0.1, -0.05) is 6.42 Å². The zero-order valence-corrected chi connectivity index (χ0v) is 10.2. The number of allylic oxidation sites excluding steroid dienone is 1. The molecule has 0 amide bonds. The molecule has 0 N–H and O–H groups in total. The maximum absolute atomic E-state index is 5.41. The van der Waals surface area contributed by atoms with E-state index in [9.17, 15) is 0 Å². The summed E-state index contributed by atoms with van der Waals surface area (Å²) in [6.07, 6.45) is 8.70. The lowest BCUT2D eigenvalue weighted by atomic mass is 10.1. The Morgan fingerprint density at radius 3 is 2.93 bits per heavy atom. The second-order valence-electron chi connectivity index (χ2n) is 4.20. The lowest BCUT2D eigenvalue weighted by Crippen LogP contribution is -2.09. The van der Waals surface area contributed by atoms with E-state index in [4.69, 9.17) is 4.74 Å². The molecule has 0 aromatic heterocycles. The highest BCUT2D eigenvalue weighted by atomic mass is 32.2. The van der Waals surface area contributed by atoms with Crippen LogP contribution in [0.5, 0.6) is 0 Å². The van der Waals surface area contributed by atoms with Crippen molar-refractivity contribution in [2.75, 3.05) is 12.4 Å². The van der Waals surface area contributed by atoms with Gasteiger partial charge in [0.2, 0.25) is 0 Å². The highest BCUT2D eigenvalue weighted by Crippen LogP contribution is 2.28. The summed E-state index contributed by atoms with van der Waals surface area (Å²) in [5.74, 6) is 1.37. The predicted molar refractivity (Wildman–Crippen MR) is 64.7 cm³/mol. The fourth-order valence-corrected chi connectivity index (χ4v) is 3.03. The van der Waals surface area contributed by atoms with E-state index in [1.54, 1.807) is 0 Å². The fraction of sp³-hybridized carbons (Fsp3) is 0.833. The molecule has 1 fully saturated rings. The zero-order valence-electron chi connectivity index (χ0n) is 9.42. The minimum atomic E-state index is 0.891. The van der Waals surface area contributed by atoms with E-state index in [1.807, 2.05) is 6.26 Å². The Morgan fingerprint density at radius 2 is 2.29 bits per heavy atom. The van der Waals surface area contributed by atoms with Gasteiger partial charge in [-0.05, 0) is 50.9 Å². The first-order valence-electron chi connectivity index (χ1n) is 5.65. The largest absolute Gasteiger partial charge is 0.501 e. The summed E-state index contributed by atoms with van der Waals surface area (Å²) in [5, 5.41) is 0.916. The molecule has 1 unspecified atom stereocenters. The van der Waals surface area contributed by atoms with E-state index in [1.165, 1.54) is 43.4 Å². The molecular formula is C12H22OS. The summed E-state index contributed by atoms with van der Waals surface area (Å²) in [6.45, 7) is 5.02. The van der Waals surface area contributed by atoms with Crippen molar-refractivity contribution in [2.45, 2.75) is 51.2 Å².